The van der Waals surface area contributed by atoms with E-state index in [1.54, 1.807) is 29.2 Å². The molecule has 2 amide bonds. The smallest absolute Gasteiger partial charge is 0.316 e. The van der Waals surface area contributed by atoms with Gasteiger partial charge in [-0.25, -0.2) is 0 Å². The maximum absolute atomic E-state index is 12.7. The van der Waals surface area contributed by atoms with Crippen LogP contribution in [-0.2, 0) is 22.6 Å². The molecule has 0 saturated carbocycles. The zero-order chi connectivity index (χ0) is 20.1. The van der Waals surface area contributed by atoms with Crippen LogP contribution in [0.4, 0.5) is 11.4 Å². The Morgan fingerprint density at radius 2 is 1.62 bits per heavy atom. The summed E-state index contributed by atoms with van der Waals surface area (Å²) in [5.74, 6) is -0.482. The number of amides is 2. The van der Waals surface area contributed by atoms with E-state index < -0.39 is 11.8 Å². The van der Waals surface area contributed by atoms with Crippen LogP contribution < -0.4 is 15.0 Å². The van der Waals surface area contributed by atoms with E-state index >= 15 is 0 Å². The minimum Gasteiger partial charge on any atom is -0.489 e. The van der Waals surface area contributed by atoms with E-state index in [1.165, 1.54) is 0 Å². The molecule has 29 heavy (non-hydrogen) atoms. The molecule has 0 atom stereocenters. The molecule has 4 rings (SSSR count). The first-order valence-electron chi connectivity index (χ1n) is 9.68. The van der Waals surface area contributed by atoms with Gasteiger partial charge in [0.25, 0.3) is 0 Å². The molecule has 5 heteroatoms. The molecule has 0 fully saturated rings. The number of fused-ring (bicyclic) bond motifs is 1. The lowest BCUT2D eigenvalue weighted by Gasteiger charge is -2.28. The number of carbonyl (C=O) groups is 2. The summed E-state index contributed by atoms with van der Waals surface area (Å²) >= 11 is 0. The number of aryl methyl sites for hydroxylation is 1. The number of ether oxygens (including phenoxy) is 1. The predicted octanol–water partition coefficient (Wildman–Crippen LogP) is 4.18. The van der Waals surface area contributed by atoms with Gasteiger partial charge in [0.05, 0.1) is 0 Å². The van der Waals surface area contributed by atoms with Crippen molar-refractivity contribution in [1.82, 2.24) is 0 Å². The van der Waals surface area contributed by atoms with Crippen molar-refractivity contribution >= 4 is 23.2 Å². The Morgan fingerprint density at radius 3 is 2.41 bits per heavy atom. The Kier molecular flexibility index (Phi) is 5.56. The van der Waals surface area contributed by atoms with Gasteiger partial charge < -0.3 is 15.0 Å². The summed E-state index contributed by atoms with van der Waals surface area (Å²) in [4.78, 5) is 26.7. The number of nitrogens with zero attached hydrogens (tertiary/aromatic N) is 1. The Labute approximate surface area is 169 Å². The normalized spacial score (nSPS) is 12.8. The van der Waals surface area contributed by atoms with E-state index in [1.807, 2.05) is 54.6 Å². The molecule has 5 nitrogen and oxygen atoms in total. The first-order chi connectivity index (χ1) is 14.2. The first kappa shape index (κ1) is 18.7. The molecular formula is C24H22N2O3. The molecule has 1 N–H and O–H groups in total. The quantitative estimate of drug-likeness (QED) is 0.684. The second-order valence-electron chi connectivity index (χ2n) is 6.94. The summed E-state index contributed by atoms with van der Waals surface area (Å²) in [6, 6.07) is 24.6. The van der Waals surface area contributed by atoms with Crippen LogP contribution in [0.25, 0.3) is 0 Å². The molecule has 1 aliphatic rings. The van der Waals surface area contributed by atoms with Gasteiger partial charge in [-0.3, -0.25) is 9.59 Å². The summed E-state index contributed by atoms with van der Waals surface area (Å²) in [6.07, 6.45) is 1.77. The number of rotatable bonds is 4. The Bertz CT molecular complexity index is 1000. The van der Waals surface area contributed by atoms with Crippen molar-refractivity contribution in [1.29, 1.82) is 0 Å². The third kappa shape index (κ3) is 4.46. The molecule has 0 saturated heterocycles. The monoisotopic (exact) mass is 386 g/mol. The van der Waals surface area contributed by atoms with E-state index in [9.17, 15) is 9.59 Å². The van der Waals surface area contributed by atoms with Crippen molar-refractivity contribution in [3.05, 3.63) is 90.0 Å². The van der Waals surface area contributed by atoms with Crippen molar-refractivity contribution in [3.63, 3.8) is 0 Å². The Hall–Kier alpha value is -3.60. The number of carbonyl (C=O) groups excluding carboxylic acids is 2. The van der Waals surface area contributed by atoms with Gasteiger partial charge in [0.15, 0.2) is 0 Å². The van der Waals surface area contributed by atoms with Crippen molar-refractivity contribution in [2.24, 2.45) is 0 Å². The van der Waals surface area contributed by atoms with Gasteiger partial charge in [0.1, 0.15) is 12.4 Å². The second kappa shape index (κ2) is 8.61. The molecule has 0 spiro atoms. The van der Waals surface area contributed by atoms with Gasteiger partial charge >= 0.3 is 11.8 Å². The fourth-order valence-corrected chi connectivity index (χ4v) is 3.43. The second-order valence-corrected chi connectivity index (χ2v) is 6.94. The van der Waals surface area contributed by atoms with Crippen LogP contribution in [0, 0.1) is 0 Å². The molecule has 1 aliphatic heterocycles. The third-order valence-corrected chi connectivity index (χ3v) is 4.91. The lowest BCUT2D eigenvalue weighted by atomic mass is 10.0. The Morgan fingerprint density at radius 1 is 0.897 bits per heavy atom. The molecule has 0 unspecified atom stereocenters. The lowest BCUT2D eigenvalue weighted by molar-refractivity contribution is -0.134. The molecule has 0 bridgehead atoms. The highest BCUT2D eigenvalue weighted by molar-refractivity contribution is 6.44. The van der Waals surface area contributed by atoms with Gasteiger partial charge in [0.2, 0.25) is 0 Å². The van der Waals surface area contributed by atoms with Crippen LogP contribution in [0.1, 0.15) is 17.5 Å². The molecule has 146 valence electrons. The van der Waals surface area contributed by atoms with Gasteiger partial charge in [-0.1, -0.05) is 48.5 Å². The fraction of sp³-hybridized carbons (Fsp3) is 0.167. The molecule has 0 aromatic heterocycles. The zero-order valence-electron chi connectivity index (χ0n) is 16.0. The highest BCUT2D eigenvalue weighted by atomic mass is 16.5. The van der Waals surface area contributed by atoms with Crippen LogP contribution in [0.5, 0.6) is 5.75 Å². The summed E-state index contributed by atoms with van der Waals surface area (Å²) in [7, 11) is 0. The highest BCUT2D eigenvalue weighted by Gasteiger charge is 2.27. The SMILES string of the molecule is O=C(Nc1ccc(OCc2ccccc2)cc1)C(=O)N1CCCc2ccccc21. The fourth-order valence-electron chi connectivity index (χ4n) is 3.43. The molecular weight excluding hydrogens is 364 g/mol. The van der Waals surface area contributed by atoms with Crippen LogP contribution in [0.2, 0.25) is 0 Å². The number of anilines is 2. The van der Waals surface area contributed by atoms with Gasteiger partial charge in [0, 0.05) is 17.9 Å². The van der Waals surface area contributed by atoms with Crippen molar-refractivity contribution in [3.8, 4) is 5.75 Å². The molecule has 3 aromatic rings. The summed E-state index contributed by atoms with van der Waals surface area (Å²) < 4.78 is 5.75. The van der Waals surface area contributed by atoms with E-state index in [0.717, 1.165) is 29.7 Å². The lowest BCUT2D eigenvalue weighted by Crippen LogP contribution is -2.42. The average Bonchev–Trinajstić information content (AvgIpc) is 2.78. The molecule has 0 aliphatic carbocycles. The van der Waals surface area contributed by atoms with E-state index in [-0.39, 0.29) is 0 Å². The Balaban J connectivity index is 1.37. The zero-order valence-corrected chi connectivity index (χ0v) is 16.0. The van der Waals surface area contributed by atoms with E-state index in [0.29, 0.717) is 24.6 Å². The number of hydrogen-bond donors (Lipinski definition) is 1. The third-order valence-electron chi connectivity index (χ3n) is 4.91. The van der Waals surface area contributed by atoms with Crippen LogP contribution in [0.15, 0.2) is 78.9 Å². The maximum atomic E-state index is 12.7. The predicted molar refractivity (Wildman–Crippen MR) is 113 cm³/mol. The minimum atomic E-state index is -0.639. The standard InChI is InChI=1S/C24H22N2O3/c27-23(24(28)26-16-6-10-19-9-4-5-11-22(19)26)25-20-12-14-21(15-13-20)29-17-18-7-2-1-3-8-18/h1-5,7-9,11-15H,6,10,16-17H2,(H,25,27). The first-order valence-corrected chi connectivity index (χ1v) is 9.68. The number of para-hydroxylation sites is 1. The van der Waals surface area contributed by atoms with Crippen molar-refractivity contribution in [2.75, 3.05) is 16.8 Å². The summed E-state index contributed by atoms with van der Waals surface area (Å²) in [5.41, 5.74) is 3.56. The number of benzene rings is 3. The van der Waals surface area contributed by atoms with Crippen molar-refractivity contribution < 1.29 is 14.3 Å². The van der Waals surface area contributed by atoms with Gasteiger partial charge in [-0.2, -0.15) is 0 Å². The molecule has 3 aromatic carbocycles. The average molecular weight is 386 g/mol. The van der Waals surface area contributed by atoms with Crippen LogP contribution >= 0.6 is 0 Å². The number of hydrogen-bond acceptors (Lipinski definition) is 3. The molecule has 0 radical (unpaired) electrons. The topological polar surface area (TPSA) is 58.6 Å². The maximum Gasteiger partial charge on any atom is 0.316 e. The number of nitrogens with one attached hydrogen (secondary N) is 1. The summed E-state index contributed by atoms with van der Waals surface area (Å²) in [5, 5.41) is 2.69. The van der Waals surface area contributed by atoms with Crippen LogP contribution in [-0.4, -0.2) is 18.4 Å². The highest BCUT2D eigenvalue weighted by Crippen LogP contribution is 2.27. The van der Waals surface area contributed by atoms with Crippen LogP contribution in [0.3, 0.4) is 0 Å². The van der Waals surface area contributed by atoms with Gasteiger partial charge in [-0.05, 0) is 54.3 Å². The van der Waals surface area contributed by atoms with E-state index in [2.05, 4.69) is 5.32 Å². The van der Waals surface area contributed by atoms with Crippen molar-refractivity contribution in [2.45, 2.75) is 19.4 Å². The van der Waals surface area contributed by atoms with Gasteiger partial charge in [-0.15, -0.1) is 0 Å². The minimum absolute atomic E-state index is 0.472. The molecule has 1 heterocycles. The largest absolute Gasteiger partial charge is 0.489 e. The van der Waals surface area contributed by atoms with E-state index in [4.69, 9.17) is 4.74 Å². The summed E-state index contributed by atoms with van der Waals surface area (Å²) in [6.45, 7) is 1.02.